The van der Waals surface area contributed by atoms with Gasteiger partial charge in [-0.1, -0.05) is 0 Å². The summed E-state index contributed by atoms with van der Waals surface area (Å²) in [5, 5.41) is 32.8. The minimum Gasteiger partial charge on any atom is -0.503 e. The predicted molar refractivity (Wildman–Crippen MR) is 106 cm³/mol. The number of nitrogens with one attached hydrogen (secondary N) is 1. The lowest BCUT2D eigenvalue weighted by molar-refractivity contribution is -0.112. The Morgan fingerprint density at radius 2 is 2.00 bits per heavy atom. The number of nitrogens with zero attached hydrogens (tertiary/aromatic N) is 2. The highest BCUT2D eigenvalue weighted by Gasteiger charge is 2.14. The third-order valence-electron chi connectivity index (χ3n) is 3.54. The number of ether oxygens (including phenoxy) is 2. The van der Waals surface area contributed by atoms with Crippen LogP contribution in [0.3, 0.4) is 0 Å². The molecular formula is C20H17N3O4S. The summed E-state index contributed by atoms with van der Waals surface area (Å²) in [4.78, 5) is 12.7. The second-order valence-electron chi connectivity index (χ2n) is 5.34. The van der Waals surface area contributed by atoms with Crippen molar-refractivity contribution >= 4 is 29.4 Å². The Morgan fingerprint density at radius 3 is 2.57 bits per heavy atom. The normalized spacial score (nSPS) is 10.5. The molecule has 8 heteroatoms. The van der Waals surface area contributed by atoms with E-state index < -0.39 is 5.91 Å². The average Bonchev–Trinajstić information content (AvgIpc) is 2.70. The molecule has 2 N–H and O–H groups in total. The van der Waals surface area contributed by atoms with Gasteiger partial charge in [-0.3, -0.25) is 4.79 Å². The molecule has 0 aliphatic heterocycles. The number of hydrogen-bond acceptors (Lipinski definition) is 7. The van der Waals surface area contributed by atoms with E-state index in [1.165, 1.54) is 25.3 Å². The number of carbonyl (C=O) groups excluding carboxylic acids is 1. The highest BCUT2D eigenvalue weighted by atomic mass is 32.2. The van der Waals surface area contributed by atoms with Crippen LogP contribution in [0.1, 0.15) is 12.5 Å². The number of anilines is 1. The molecule has 0 radical (unpaired) electrons. The molecule has 2 aromatic rings. The predicted octanol–water partition coefficient (Wildman–Crippen LogP) is 3.92. The van der Waals surface area contributed by atoms with E-state index in [0.29, 0.717) is 23.6 Å². The highest BCUT2D eigenvalue weighted by molar-refractivity contribution is 8.03. The molecule has 0 atom stereocenters. The quantitative estimate of drug-likeness (QED) is 0.316. The van der Waals surface area contributed by atoms with Gasteiger partial charge in [0.05, 0.1) is 18.6 Å². The van der Waals surface area contributed by atoms with Crippen LogP contribution in [0.2, 0.25) is 0 Å². The lowest BCUT2D eigenvalue weighted by Crippen LogP contribution is -2.13. The van der Waals surface area contributed by atoms with Gasteiger partial charge in [0.15, 0.2) is 11.5 Å². The topological polar surface area (TPSA) is 115 Å². The molecule has 0 heterocycles. The van der Waals surface area contributed by atoms with E-state index in [-0.39, 0.29) is 22.0 Å². The molecule has 142 valence electrons. The Hall–Kier alpha value is -3.62. The fourth-order valence-electron chi connectivity index (χ4n) is 2.28. The summed E-state index contributed by atoms with van der Waals surface area (Å²) < 4.78 is 10.4. The second-order valence-corrected chi connectivity index (χ2v) is 6.17. The minimum atomic E-state index is -0.590. The van der Waals surface area contributed by atoms with Gasteiger partial charge in [-0.25, -0.2) is 0 Å². The third kappa shape index (κ3) is 5.19. The number of methoxy groups -OCH3 is 1. The Labute approximate surface area is 166 Å². The first-order valence-electron chi connectivity index (χ1n) is 8.15. The molecule has 7 nitrogen and oxygen atoms in total. The standard InChI is InChI=1S/C20H17N3O4S/c1-3-27-16-6-4-15(5-7-16)23-20(25)14(11-21)8-13-9-17(26-2)19(24)18(10-13)28-12-22/h4-10,24H,3H2,1-2H3,(H,23,25)/b14-8-. The van der Waals surface area contributed by atoms with Gasteiger partial charge in [-0.15, -0.1) is 0 Å². The number of carbonyl (C=O) groups is 1. The molecule has 0 aliphatic carbocycles. The van der Waals surface area contributed by atoms with Crippen LogP contribution in [-0.4, -0.2) is 24.7 Å². The Bertz CT molecular complexity index is 973. The number of nitriles is 2. The van der Waals surface area contributed by atoms with Crippen LogP contribution >= 0.6 is 11.8 Å². The van der Waals surface area contributed by atoms with Gasteiger partial charge in [-0.05, 0) is 66.7 Å². The molecule has 28 heavy (non-hydrogen) atoms. The van der Waals surface area contributed by atoms with E-state index in [2.05, 4.69) is 5.32 Å². The summed E-state index contributed by atoms with van der Waals surface area (Å²) in [5.41, 5.74) is 0.805. The molecular weight excluding hydrogens is 378 g/mol. The number of aromatic hydroxyl groups is 1. The Balaban J connectivity index is 2.27. The maximum atomic E-state index is 12.4. The van der Waals surface area contributed by atoms with Crippen LogP contribution in [0.25, 0.3) is 6.08 Å². The van der Waals surface area contributed by atoms with Crippen molar-refractivity contribution in [1.82, 2.24) is 0 Å². The summed E-state index contributed by atoms with van der Waals surface area (Å²) in [7, 11) is 1.37. The van der Waals surface area contributed by atoms with Crippen molar-refractivity contribution in [2.24, 2.45) is 0 Å². The van der Waals surface area contributed by atoms with Crippen molar-refractivity contribution in [2.45, 2.75) is 11.8 Å². The average molecular weight is 395 g/mol. The van der Waals surface area contributed by atoms with Gasteiger partial charge in [0.25, 0.3) is 5.91 Å². The van der Waals surface area contributed by atoms with Gasteiger partial charge < -0.3 is 19.9 Å². The van der Waals surface area contributed by atoms with Crippen LogP contribution < -0.4 is 14.8 Å². The summed E-state index contributed by atoms with van der Waals surface area (Å²) >= 11 is 0.748. The maximum absolute atomic E-state index is 12.4. The second kappa shape index (κ2) is 9.91. The Kier molecular flexibility index (Phi) is 7.32. The van der Waals surface area contributed by atoms with Gasteiger partial charge >= 0.3 is 0 Å². The largest absolute Gasteiger partial charge is 0.503 e. The first kappa shape index (κ1) is 20.7. The molecule has 0 aromatic heterocycles. The van der Waals surface area contributed by atoms with Crippen molar-refractivity contribution in [3.63, 3.8) is 0 Å². The lowest BCUT2D eigenvalue weighted by Gasteiger charge is -2.09. The zero-order chi connectivity index (χ0) is 20.5. The molecule has 0 spiro atoms. The monoisotopic (exact) mass is 395 g/mol. The van der Waals surface area contributed by atoms with Crippen LogP contribution in [0.15, 0.2) is 46.9 Å². The molecule has 0 unspecified atom stereocenters. The van der Waals surface area contributed by atoms with E-state index in [1.54, 1.807) is 24.3 Å². The smallest absolute Gasteiger partial charge is 0.266 e. The fourth-order valence-corrected chi connectivity index (χ4v) is 2.77. The lowest BCUT2D eigenvalue weighted by atomic mass is 10.1. The molecule has 0 aliphatic rings. The van der Waals surface area contributed by atoms with Crippen LogP contribution in [0.4, 0.5) is 5.69 Å². The number of thiocyanates is 1. The van der Waals surface area contributed by atoms with Crippen molar-refractivity contribution in [3.05, 3.63) is 47.5 Å². The van der Waals surface area contributed by atoms with Crippen molar-refractivity contribution in [2.75, 3.05) is 19.0 Å². The zero-order valence-corrected chi connectivity index (χ0v) is 16.0. The zero-order valence-electron chi connectivity index (χ0n) is 15.2. The minimum absolute atomic E-state index is 0.135. The SMILES string of the molecule is CCOc1ccc(NC(=O)/C(C#N)=C\c2cc(OC)c(O)c(SC#N)c2)cc1. The number of thioether (sulfide) groups is 1. The van der Waals surface area contributed by atoms with E-state index in [9.17, 15) is 15.2 Å². The first-order valence-corrected chi connectivity index (χ1v) is 8.97. The molecule has 0 bridgehead atoms. The number of phenols is 1. The van der Waals surface area contributed by atoms with Crippen molar-refractivity contribution in [3.8, 4) is 28.7 Å². The molecule has 1 amide bonds. The van der Waals surface area contributed by atoms with Crippen LogP contribution in [0, 0.1) is 22.0 Å². The number of hydrogen-bond donors (Lipinski definition) is 2. The summed E-state index contributed by atoms with van der Waals surface area (Å²) in [5.74, 6) is 0.0442. The van der Waals surface area contributed by atoms with Crippen LogP contribution in [0.5, 0.6) is 17.2 Å². The van der Waals surface area contributed by atoms with Crippen molar-refractivity contribution < 1.29 is 19.4 Å². The molecule has 0 saturated heterocycles. The summed E-state index contributed by atoms with van der Waals surface area (Å²) in [6.07, 6.45) is 1.35. The van der Waals surface area contributed by atoms with Crippen LogP contribution in [-0.2, 0) is 4.79 Å². The third-order valence-corrected chi connectivity index (χ3v) is 4.16. The number of phenolic OH excluding ortho intramolecular Hbond substituents is 1. The van der Waals surface area contributed by atoms with Gasteiger partial charge in [0.2, 0.25) is 0 Å². The number of benzene rings is 2. The van der Waals surface area contributed by atoms with Crippen molar-refractivity contribution in [1.29, 1.82) is 10.5 Å². The molecule has 0 saturated carbocycles. The number of rotatable bonds is 7. The van der Waals surface area contributed by atoms with Gasteiger partial charge in [0.1, 0.15) is 22.8 Å². The van der Waals surface area contributed by atoms with E-state index >= 15 is 0 Å². The van der Waals surface area contributed by atoms with E-state index in [0.717, 1.165) is 11.8 Å². The van der Waals surface area contributed by atoms with E-state index in [1.807, 2.05) is 18.4 Å². The van der Waals surface area contributed by atoms with E-state index in [4.69, 9.17) is 14.7 Å². The summed E-state index contributed by atoms with van der Waals surface area (Å²) in [6.45, 7) is 2.41. The molecule has 0 fully saturated rings. The first-order chi connectivity index (χ1) is 13.5. The van der Waals surface area contributed by atoms with Gasteiger partial charge in [0, 0.05) is 5.69 Å². The molecule has 2 rings (SSSR count). The number of amides is 1. The maximum Gasteiger partial charge on any atom is 0.266 e. The highest BCUT2D eigenvalue weighted by Crippen LogP contribution is 2.38. The molecule has 2 aromatic carbocycles. The summed E-state index contributed by atoms with van der Waals surface area (Å²) in [6, 6.07) is 11.6. The fraction of sp³-hybridized carbons (Fsp3) is 0.150. The Morgan fingerprint density at radius 1 is 1.29 bits per heavy atom. The van der Waals surface area contributed by atoms with Gasteiger partial charge in [-0.2, -0.15) is 10.5 Å².